The number of nitrogens with one attached hydrogen (secondary N) is 2. The Bertz CT molecular complexity index is 1700. The normalized spacial score (nSPS) is 19.2. The molecule has 3 heterocycles. The lowest BCUT2D eigenvalue weighted by Crippen LogP contribution is -2.32. The summed E-state index contributed by atoms with van der Waals surface area (Å²) in [7, 11) is 3.11. The largest absolute Gasteiger partial charge is 0.497 e. The first-order valence-electron chi connectivity index (χ1n) is 12.9. The van der Waals surface area contributed by atoms with Crippen LogP contribution in [0.3, 0.4) is 0 Å². The van der Waals surface area contributed by atoms with Crippen molar-refractivity contribution in [2.24, 2.45) is 5.92 Å². The van der Waals surface area contributed by atoms with E-state index in [1.165, 1.54) is 16.7 Å². The zero-order valence-corrected chi connectivity index (χ0v) is 24.1. The van der Waals surface area contributed by atoms with E-state index in [9.17, 15) is 19.2 Å². The lowest BCUT2D eigenvalue weighted by molar-refractivity contribution is -0.122. The number of carbonyl (C=O) groups excluding carboxylic acids is 3. The number of ether oxygens (including phenoxy) is 3. The molecule has 1 aromatic heterocycles. The molecule has 2 aliphatic rings. The quantitative estimate of drug-likeness (QED) is 0.286. The van der Waals surface area contributed by atoms with Crippen molar-refractivity contribution in [3.05, 3.63) is 92.9 Å². The van der Waals surface area contributed by atoms with Crippen molar-refractivity contribution < 1.29 is 28.6 Å². The number of carbonyl (C=O) groups is 3. The predicted octanol–water partition coefficient (Wildman–Crippen LogP) is 4.27. The molecule has 3 amide bonds. The van der Waals surface area contributed by atoms with E-state index >= 15 is 0 Å². The van der Waals surface area contributed by atoms with Gasteiger partial charge in [0.2, 0.25) is 11.8 Å². The van der Waals surface area contributed by atoms with Crippen molar-refractivity contribution in [3.8, 4) is 17.2 Å². The second kappa shape index (κ2) is 11.4. The zero-order chi connectivity index (χ0) is 29.4. The van der Waals surface area contributed by atoms with Gasteiger partial charge in [-0.1, -0.05) is 35.2 Å². The molecule has 2 aliphatic heterocycles. The van der Waals surface area contributed by atoms with Gasteiger partial charge in [-0.3, -0.25) is 19.2 Å². The van der Waals surface area contributed by atoms with Crippen molar-refractivity contribution in [2.75, 3.05) is 31.0 Å². The number of fused-ring (bicyclic) bond motifs is 2. The van der Waals surface area contributed by atoms with Crippen LogP contribution in [0.5, 0.6) is 17.2 Å². The van der Waals surface area contributed by atoms with Crippen LogP contribution in [0.2, 0.25) is 0 Å². The maximum absolute atomic E-state index is 13.8. The Morgan fingerprint density at radius 1 is 0.857 bits per heavy atom. The highest BCUT2D eigenvalue weighted by molar-refractivity contribution is 8.00. The highest BCUT2D eigenvalue weighted by Gasteiger charge is 2.56. The third-order valence-electron chi connectivity index (χ3n) is 7.14. The van der Waals surface area contributed by atoms with Gasteiger partial charge in [0, 0.05) is 16.5 Å². The number of aromatic amines is 1. The monoisotopic (exact) mass is 603 g/mol. The molecule has 1 fully saturated rings. The Kier molecular flexibility index (Phi) is 7.48. The van der Waals surface area contributed by atoms with Gasteiger partial charge < -0.3 is 24.5 Å². The first-order chi connectivity index (χ1) is 20.4. The lowest BCUT2D eigenvalue weighted by Gasteiger charge is -2.29. The van der Waals surface area contributed by atoms with E-state index < -0.39 is 17.1 Å². The van der Waals surface area contributed by atoms with Gasteiger partial charge in [-0.2, -0.15) is 0 Å². The number of H-pyrrole nitrogens is 1. The van der Waals surface area contributed by atoms with Crippen LogP contribution in [0.4, 0.5) is 11.4 Å². The molecule has 10 nitrogen and oxygen atoms in total. The number of amides is 3. The molecule has 1 saturated heterocycles. The van der Waals surface area contributed by atoms with Gasteiger partial charge in [0.1, 0.15) is 22.5 Å². The molecule has 0 radical (unpaired) electrons. The second-order valence-electron chi connectivity index (χ2n) is 9.59. The minimum atomic E-state index is -0.703. The number of thioether (sulfide) groups is 1. The Morgan fingerprint density at radius 2 is 1.48 bits per heavy atom. The van der Waals surface area contributed by atoms with Gasteiger partial charge in [0.25, 0.3) is 5.91 Å². The highest BCUT2D eigenvalue weighted by atomic mass is 32.2. The van der Waals surface area contributed by atoms with E-state index in [1.54, 1.807) is 87.0 Å². The van der Waals surface area contributed by atoms with Crippen LogP contribution in [-0.4, -0.2) is 48.8 Å². The number of imide groups is 1. The van der Waals surface area contributed by atoms with Crippen molar-refractivity contribution in [3.63, 3.8) is 0 Å². The number of hydrogen-bond acceptors (Lipinski definition) is 9. The van der Waals surface area contributed by atoms with Crippen LogP contribution in [-0.2, 0) is 14.4 Å². The molecule has 214 valence electrons. The molecular weight excluding hydrogens is 578 g/mol. The number of benzene rings is 3. The second-order valence-corrected chi connectivity index (χ2v) is 11.8. The van der Waals surface area contributed by atoms with E-state index in [0.717, 1.165) is 21.8 Å². The molecule has 2 N–H and O–H groups in total. The fraction of sp³-hybridized carbons (Fsp3) is 0.200. The number of thiazole rings is 1. The third-order valence-corrected chi connectivity index (χ3v) is 9.54. The molecule has 0 aliphatic carbocycles. The number of hydrogen-bond donors (Lipinski definition) is 2. The SMILES string of the molecule is COc1ccc(NC(=O)COc2ccc([C@H]3c4sc(=O)[nH]c4SC4C(=O)N(c5ccc(OC)cc5)C(=O)C43)cc2)cc1. The molecular formula is C30H25N3O7S2. The third kappa shape index (κ3) is 5.14. The van der Waals surface area contributed by atoms with Crippen LogP contribution in [0.1, 0.15) is 16.4 Å². The Labute approximate surface area is 248 Å². The average Bonchev–Trinajstić information content (AvgIpc) is 3.50. The van der Waals surface area contributed by atoms with Gasteiger partial charge in [-0.05, 0) is 66.2 Å². The topological polar surface area (TPSA) is 127 Å². The minimum Gasteiger partial charge on any atom is -0.497 e. The Balaban J connectivity index is 1.22. The van der Waals surface area contributed by atoms with E-state index in [2.05, 4.69) is 10.3 Å². The number of methoxy groups -OCH3 is 2. The van der Waals surface area contributed by atoms with Crippen molar-refractivity contribution >= 4 is 52.2 Å². The fourth-order valence-electron chi connectivity index (χ4n) is 5.15. The predicted molar refractivity (Wildman–Crippen MR) is 159 cm³/mol. The summed E-state index contributed by atoms with van der Waals surface area (Å²) in [6.07, 6.45) is 0. The molecule has 2 unspecified atom stereocenters. The van der Waals surface area contributed by atoms with Crippen LogP contribution >= 0.6 is 23.1 Å². The van der Waals surface area contributed by atoms with E-state index in [4.69, 9.17) is 14.2 Å². The summed E-state index contributed by atoms with van der Waals surface area (Å²) in [5.41, 5.74) is 1.84. The summed E-state index contributed by atoms with van der Waals surface area (Å²) in [4.78, 5) is 56.6. The minimum absolute atomic E-state index is 0.205. The molecule has 0 spiro atoms. The van der Waals surface area contributed by atoms with Crippen LogP contribution in [0, 0.1) is 5.92 Å². The first kappa shape index (κ1) is 27.6. The van der Waals surface area contributed by atoms with E-state index in [0.29, 0.717) is 33.6 Å². The summed E-state index contributed by atoms with van der Waals surface area (Å²) < 4.78 is 16.0. The van der Waals surface area contributed by atoms with Gasteiger partial charge in [0.05, 0.1) is 30.9 Å². The molecule has 3 atom stereocenters. The van der Waals surface area contributed by atoms with Gasteiger partial charge in [0.15, 0.2) is 6.61 Å². The molecule has 4 aromatic rings. The standard InChI is InChI=1S/C30H25N3O7S2/c1-38-19-11-5-17(6-12-19)31-22(34)15-40-21-9-3-16(4-10-21)23-24-26(41-27-25(23)42-30(37)32-27)29(36)33(28(24)35)18-7-13-20(39-2)14-8-18/h3-14,23-24,26H,15H2,1-2H3,(H,31,34)(H,32,37)/t23-,24?,26?/m1/s1. The van der Waals surface area contributed by atoms with Crippen molar-refractivity contribution in [2.45, 2.75) is 16.2 Å². The molecule has 12 heteroatoms. The Hall–Kier alpha value is -4.55. The number of rotatable bonds is 8. The molecule has 3 aromatic carbocycles. The zero-order valence-electron chi connectivity index (χ0n) is 22.5. The number of aromatic nitrogens is 1. The smallest absolute Gasteiger partial charge is 0.305 e. The van der Waals surface area contributed by atoms with Gasteiger partial charge >= 0.3 is 4.87 Å². The van der Waals surface area contributed by atoms with Gasteiger partial charge in [-0.15, -0.1) is 0 Å². The number of anilines is 2. The molecule has 0 bridgehead atoms. The van der Waals surface area contributed by atoms with Crippen molar-refractivity contribution in [1.29, 1.82) is 0 Å². The maximum atomic E-state index is 13.8. The number of nitrogens with zero attached hydrogens (tertiary/aromatic N) is 1. The summed E-state index contributed by atoms with van der Waals surface area (Å²) in [5, 5.41) is 2.67. The summed E-state index contributed by atoms with van der Waals surface area (Å²) in [6, 6.07) is 20.7. The molecule has 6 rings (SSSR count). The molecule has 42 heavy (non-hydrogen) atoms. The van der Waals surface area contributed by atoms with E-state index in [-0.39, 0.29) is 29.2 Å². The van der Waals surface area contributed by atoms with Crippen molar-refractivity contribution in [1.82, 2.24) is 4.98 Å². The molecule has 0 saturated carbocycles. The van der Waals surface area contributed by atoms with E-state index in [1.807, 2.05) is 0 Å². The maximum Gasteiger partial charge on any atom is 0.305 e. The first-order valence-corrected chi connectivity index (χ1v) is 14.6. The van der Waals surface area contributed by atoms with Crippen LogP contribution in [0.25, 0.3) is 0 Å². The summed E-state index contributed by atoms with van der Waals surface area (Å²) in [5.74, 6) is -0.437. The average molecular weight is 604 g/mol. The summed E-state index contributed by atoms with van der Waals surface area (Å²) in [6.45, 7) is -0.205. The van der Waals surface area contributed by atoms with Crippen LogP contribution in [0.15, 0.2) is 82.6 Å². The van der Waals surface area contributed by atoms with Gasteiger partial charge in [-0.25, -0.2) is 4.90 Å². The highest BCUT2D eigenvalue weighted by Crippen LogP contribution is 2.53. The summed E-state index contributed by atoms with van der Waals surface area (Å²) >= 11 is 2.27. The van der Waals surface area contributed by atoms with Crippen LogP contribution < -0.4 is 29.3 Å². The lowest BCUT2D eigenvalue weighted by atomic mass is 9.83. The Morgan fingerprint density at radius 3 is 2.12 bits per heavy atom. The fourth-order valence-corrected chi connectivity index (χ4v) is 7.67.